The summed E-state index contributed by atoms with van der Waals surface area (Å²) < 4.78 is 55.3. The number of alkyl carbamates (subject to hydrolysis) is 1. The van der Waals surface area contributed by atoms with E-state index < -0.39 is 23.8 Å². The highest BCUT2D eigenvalue weighted by molar-refractivity contribution is 5.80. The van der Waals surface area contributed by atoms with Crippen molar-refractivity contribution < 1.29 is 32.2 Å². The van der Waals surface area contributed by atoms with Gasteiger partial charge >= 0.3 is 12.3 Å². The molecule has 0 heterocycles. The Balaban J connectivity index is 1.77. The lowest BCUT2D eigenvalue weighted by atomic mass is 9.89. The van der Waals surface area contributed by atoms with Crippen molar-refractivity contribution in [3.63, 3.8) is 0 Å². The molecular weight excluding hydrogens is 411 g/mol. The van der Waals surface area contributed by atoms with E-state index in [1.165, 1.54) is 26.4 Å². The standard InChI is InChI=1S/C23H22F3NO4/c1-29-18-7-3-15(4-8-18)20-13-17(23(24,25)26)14-21(20)16-5-9-19(10-6-16)31-12-11-27-22(28)30-2/h3-10,13-14,20H,11-12H2,1-2H3,(H,27,28). The Morgan fingerprint density at radius 3 is 2.23 bits per heavy atom. The average molecular weight is 433 g/mol. The minimum Gasteiger partial charge on any atom is -0.497 e. The fourth-order valence-electron chi connectivity index (χ4n) is 3.24. The van der Waals surface area contributed by atoms with Crippen LogP contribution >= 0.6 is 0 Å². The van der Waals surface area contributed by atoms with Crippen LogP contribution in [0.3, 0.4) is 0 Å². The molecule has 0 fully saturated rings. The topological polar surface area (TPSA) is 56.8 Å². The average Bonchev–Trinajstić information content (AvgIpc) is 3.23. The predicted octanol–water partition coefficient (Wildman–Crippen LogP) is 5.10. The molecule has 1 N–H and O–H groups in total. The van der Waals surface area contributed by atoms with Gasteiger partial charge in [-0.3, -0.25) is 0 Å². The first-order chi connectivity index (χ1) is 14.8. The molecule has 0 bridgehead atoms. The zero-order valence-corrected chi connectivity index (χ0v) is 17.0. The van der Waals surface area contributed by atoms with E-state index in [2.05, 4.69) is 10.1 Å². The van der Waals surface area contributed by atoms with Crippen LogP contribution in [0.5, 0.6) is 11.5 Å². The molecule has 5 nitrogen and oxygen atoms in total. The number of hydrogen-bond acceptors (Lipinski definition) is 4. The van der Waals surface area contributed by atoms with Crippen molar-refractivity contribution in [1.29, 1.82) is 0 Å². The van der Waals surface area contributed by atoms with Crippen LogP contribution in [0.15, 0.2) is 66.3 Å². The second-order valence-electron chi connectivity index (χ2n) is 6.76. The number of alkyl halides is 3. The number of nitrogens with one attached hydrogen (secondary N) is 1. The van der Waals surface area contributed by atoms with Gasteiger partial charge in [0.05, 0.1) is 26.3 Å². The van der Waals surface area contributed by atoms with E-state index in [0.29, 0.717) is 22.6 Å². The number of amides is 1. The third kappa shape index (κ3) is 5.59. The molecule has 31 heavy (non-hydrogen) atoms. The lowest BCUT2D eigenvalue weighted by Gasteiger charge is -2.16. The molecule has 1 unspecified atom stereocenters. The lowest BCUT2D eigenvalue weighted by molar-refractivity contribution is -0.0880. The Bertz CT molecular complexity index is 964. The molecule has 3 rings (SSSR count). The number of halogens is 3. The third-order valence-corrected chi connectivity index (χ3v) is 4.81. The van der Waals surface area contributed by atoms with E-state index in [1.807, 2.05) is 0 Å². The molecule has 0 spiro atoms. The van der Waals surface area contributed by atoms with E-state index in [9.17, 15) is 18.0 Å². The summed E-state index contributed by atoms with van der Waals surface area (Å²) in [5.74, 6) is 0.646. The number of ether oxygens (including phenoxy) is 3. The molecule has 1 amide bonds. The molecule has 0 radical (unpaired) electrons. The molecule has 0 saturated heterocycles. The van der Waals surface area contributed by atoms with Gasteiger partial charge in [-0.2, -0.15) is 13.2 Å². The molecule has 0 aromatic heterocycles. The predicted molar refractivity (Wildman–Crippen MR) is 110 cm³/mol. The number of methoxy groups -OCH3 is 2. The monoisotopic (exact) mass is 433 g/mol. The van der Waals surface area contributed by atoms with Crippen LogP contribution < -0.4 is 14.8 Å². The number of rotatable bonds is 7. The van der Waals surface area contributed by atoms with Crippen LogP contribution in [0.25, 0.3) is 5.57 Å². The minimum absolute atomic E-state index is 0.228. The van der Waals surface area contributed by atoms with Gasteiger partial charge in [-0.25, -0.2) is 4.79 Å². The first kappa shape index (κ1) is 22.3. The SMILES string of the molecule is COC(=O)NCCOc1ccc(C2=CC(C(F)(F)F)=CC2c2ccc(OC)cc2)cc1. The van der Waals surface area contributed by atoms with Gasteiger partial charge in [0.1, 0.15) is 18.1 Å². The Kier molecular flexibility index (Phi) is 6.89. The molecule has 1 aliphatic carbocycles. The molecule has 0 aliphatic heterocycles. The minimum atomic E-state index is -4.43. The van der Waals surface area contributed by atoms with Gasteiger partial charge in [-0.1, -0.05) is 30.3 Å². The van der Waals surface area contributed by atoms with Gasteiger partial charge in [-0.05, 0) is 47.0 Å². The molecular formula is C23H22F3NO4. The van der Waals surface area contributed by atoms with E-state index in [0.717, 1.165) is 5.56 Å². The van der Waals surface area contributed by atoms with E-state index in [1.54, 1.807) is 48.5 Å². The van der Waals surface area contributed by atoms with Gasteiger partial charge in [0.15, 0.2) is 0 Å². The van der Waals surface area contributed by atoms with Crippen LogP contribution in [-0.2, 0) is 4.74 Å². The number of hydrogen-bond donors (Lipinski definition) is 1. The maximum atomic E-state index is 13.4. The quantitative estimate of drug-likeness (QED) is 0.618. The van der Waals surface area contributed by atoms with Crippen molar-refractivity contribution in [1.82, 2.24) is 5.32 Å². The molecule has 1 atom stereocenters. The summed E-state index contributed by atoms with van der Waals surface area (Å²) >= 11 is 0. The van der Waals surface area contributed by atoms with Crippen molar-refractivity contribution in [3.8, 4) is 11.5 Å². The van der Waals surface area contributed by atoms with Gasteiger partial charge in [0, 0.05) is 5.92 Å². The maximum absolute atomic E-state index is 13.4. The third-order valence-electron chi connectivity index (χ3n) is 4.81. The number of benzene rings is 2. The summed E-state index contributed by atoms with van der Waals surface area (Å²) in [5, 5.41) is 2.49. The van der Waals surface area contributed by atoms with Crippen LogP contribution in [0.1, 0.15) is 17.0 Å². The van der Waals surface area contributed by atoms with Crippen molar-refractivity contribution >= 4 is 11.7 Å². The first-order valence-corrected chi connectivity index (χ1v) is 9.51. The van der Waals surface area contributed by atoms with Crippen LogP contribution in [-0.4, -0.2) is 39.6 Å². The van der Waals surface area contributed by atoms with Gasteiger partial charge < -0.3 is 19.5 Å². The fraction of sp³-hybridized carbons (Fsp3) is 0.261. The second kappa shape index (κ2) is 9.59. The van der Waals surface area contributed by atoms with E-state index in [4.69, 9.17) is 9.47 Å². The summed E-state index contributed by atoms with van der Waals surface area (Å²) in [7, 11) is 2.80. The summed E-state index contributed by atoms with van der Waals surface area (Å²) in [6, 6.07) is 13.8. The second-order valence-corrected chi connectivity index (χ2v) is 6.76. The van der Waals surface area contributed by atoms with Crippen LogP contribution in [0, 0.1) is 0 Å². The Labute approximate surface area is 178 Å². The molecule has 1 aliphatic rings. The van der Waals surface area contributed by atoms with Crippen molar-refractivity contribution in [2.75, 3.05) is 27.4 Å². The highest BCUT2D eigenvalue weighted by atomic mass is 19.4. The van der Waals surface area contributed by atoms with Crippen molar-refractivity contribution in [3.05, 3.63) is 77.4 Å². The highest BCUT2D eigenvalue weighted by Gasteiger charge is 2.37. The summed E-state index contributed by atoms with van der Waals surface area (Å²) in [6.07, 6.45) is -2.56. The van der Waals surface area contributed by atoms with Crippen molar-refractivity contribution in [2.24, 2.45) is 0 Å². The molecule has 2 aromatic rings. The zero-order chi connectivity index (χ0) is 22.4. The summed E-state index contributed by atoms with van der Waals surface area (Å²) in [6.45, 7) is 0.489. The van der Waals surface area contributed by atoms with Gasteiger partial charge in [0.2, 0.25) is 0 Å². The highest BCUT2D eigenvalue weighted by Crippen LogP contribution is 2.44. The smallest absolute Gasteiger partial charge is 0.416 e. The largest absolute Gasteiger partial charge is 0.497 e. The van der Waals surface area contributed by atoms with Crippen LogP contribution in [0.2, 0.25) is 0 Å². The van der Waals surface area contributed by atoms with Crippen LogP contribution in [0.4, 0.5) is 18.0 Å². The number of carbonyl (C=O) groups is 1. The van der Waals surface area contributed by atoms with Gasteiger partial charge in [-0.15, -0.1) is 0 Å². The molecule has 164 valence electrons. The Morgan fingerprint density at radius 2 is 1.65 bits per heavy atom. The molecule has 8 heteroatoms. The molecule has 0 saturated carbocycles. The first-order valence-electron chi connectivity index (χ1n) is 9.51. The molecule has 2 aromatic carbocycles. The Hall–Kier alpha value is -3.42. The summed E-state index contributed by atoms with van der Waals surface area (Å²) in [4.78, 5) is 11.0. The normalized spacial score (nSPS) is 15.7. The van der Waals surface area contributed by atoms with E-state index in [-0.39, 0.29) is 13.2 Å². The van der Waals surface area contributed by atoms with E-state index >= 15 is 0 Å². The van der Waals surface area contributed by atoms with Crippen molar-refractivity contribution in [2.45, 2.75) is 12.1 Å². The summed E-state index contributed by atoms with van der Waals surface area (Å²) in [5.41, 5.74) is 1.28. The fourth-order valence-corrected chi connectivity index (χ4v) is 3.24. The number of allylic oxidation sites excluding steroid dienone is 4. The van der Waals surface area contributed by atoms with Gasteiger partial charge in [0.25, 0.3) is 0 Å². The Morgan fingerprint density at radius 1 is 1.00 bits per heavy atom. The lowest BCUT2D eigenvalue weighted by Crippen LogP contribution is -2.27. The maximum Gasteiger partial charge on any atom is 0.416 e. The zero-order valence-electron chi connectivity index (χ0n) is 17.0. The number of carbonyl (C=O) groups excluding carboxylic acids is 1.